The lowest BCUT2D eigenvalue weighted by molar-refractivity contribution is 0.0596. The van der Waals surface area contributed by atoms with E-state index in [4.69, 9.17) is 4.74 Å². The Kier molecular flexibility index (Phi) is 3.92. The Morgan fingerprint density at radius 1 is 1.57 bits per heavy atom. The molecule has 1 saturated heterocycles. The van der Waals surface area contributed by atoms with Crippen LogP contribution in [-0.4, -0.2) is 35.6 Å². The van der Waals surface area contributed by atoms with Crippen molar-refractivity contribution >= 4 is 11.5 Å². The molecule has 112 valence electrons. The molecule has 0 saturated carbocycles. The number of hydrogen-bond acceptors (Lipinski definition) is 4. The molecule has 1 aliphatic heterocycles. The number of imidazole rings is 1. The van der Waals surface area contributed by atoms with Crippen molar-refractivity contribution in [2.45, 2.75) is 26.2 Å². The van der Waals surface area contributed by atoms with E-state index in [0.29, 0.717) is 11.6 Å². The smallest absolute Gasteiger partial charge is 0.358 e. The number of hydrogen-bond donors (Lipinski definition) is 1. The van der Waals surface area contributed by atoms with Crippen molar-refractivity contribution in [2.24, 2.45) is 5.92 Å². The Bertz CT molecular complexity index is 657. The number of aryl methyl sites for hydroxylation is 1. The summed E-state index contributed by atoms with van der Waals surface area (Å²) in [5, 5.41) is 3.42. The summed E-state index contributed by atoms with van der Waals surface area (Å²) >= 11 is 0. The first-order chi connectivity index (χ1) is 10.2. The number of nitrogens with zero attached hydrogens (tertiary/aromatic N) is 2. The number of rotatable bonds is 3. The Morgan fingerprint density at radius 2 is 2.43 bits per heavy atom. The van der Waals surface area contributed by atoms with E-state index in [1.54, 1.807) is 0 Å². The van der Waals surface area contributed by atoms with Crippen LogP contribution in [0.25, 0.3) is 5.52 Å². The van der Waals surface area contributed by atoms with Gasteiger partial charge in [0, 0.05) is 12.6 Å². The lowest BCUT2D eigenvalue weighted by Crippen LogP contribution is -2.31. The van der Waals surface area contributed by atoms with E-state index in [9.17, 15) is 4.79 Å². The molecule has 5 nitrogen and oxygen atoms in total. The van der Waals surface area contributed by atoms with Gasteiger partial charge < -0.3 is 14.5 Å². The average molecular weight is 287 g/mol. The maximum absolute atomic E-state index is 11.9. The van der Waals surface area contributed by atoms with Gasteiger partial charge in [-0.1, -0.05) is 0 Å². The summed E-state index contributed by atoms with van der Waals surface area (Å²) in [7, 11) is 1.40. The summed E-state index contributed by atoms with van der Waals surface area (Å²) in [6.07, 6.45) is 5.29. The summed E-state index contributed by atoms with van der Waals surface area (Å²) in [4.78, 5) is 16.5. The number of carbonyl (C=O) groups excluding carboxylic acids is 1. The molecule has 0 radical (unpaired) electrons. The van der Waals surface area contributed by atoms with Crippen LogP contribution in [0.3, 0.4) is 0 Å². The molecule has 0 bridgehead atoms. The zero-order valence-corrected chi connectivity index (χ0v) is 12.6. The molecule has 2 aromatic heterocycles. The van der Waals surface area contributed by atoms with E-state index in [1.165, 1.54) is 20.0 Å². The van der Waals surface area contributed by atoms with Gasteiger partial charge in [-0.25, -0.2) is 9.78 Å². The molecule has 1 unspecified atom stereocenters. The summed E-state index contributed by atoms with van der Waals surface area (Å²) in [5.74, 6) is 1.15. The monoisotopic (exact) mass is 287 g/mol. The predicted molar refractivity (Wildman–Crippen MR) is 80.6 cm³/mol. The summed E-state index contributed by atoms with van der Waals surface area (Å²) in [6, 6.07) is 4.03. The maximum atomic E-state index is 11.9. The van der Waals surface area contributed by atoms with Gasteiger partial charge in [0.2, 0.25) is 0 Å². The fourth-order valence-electron chi connectivity index (χ4n) is 3.00. The first-order valence-corrected chi connectivity index (χ1v) is 7.45. The minimum Gasteiger partial charge on any atom is -0.464 e. The highest BCUT2D eigenvalue weighted by atomic mass is 16.5. The van der Waals surface area contributed by atoms with Crippen LogP contribution < -0.4 is 5.32 Å². The second-order valence-corrected chi connectivity index (χ2v) is 5.74. The Morgan fingerprint density at radius 3 is 3.14 bits per heavy atom. The van der Waals surface area contributed by atoms with Crippen LogP contribution in [0.4, 0.5) is 0 Å². The number of piperidine rings is 1. The van der Waals surface area contributed by atoms with Gasteiger partial charge in [-0.3, -0.25) is 0 Å². The van der Waals surface area contributed by atoms with Crippen LogP contribution >= 0.6 is 0 Å². The van der Waals surface area contributed by atoms with Crippen LogP contribution in [0.5, 0.6) is 0 Å². The molecular weight excluding hydrogens is 266 g/mol. The number of ether oxygens (including phenoxy) is 1. The maximum Gasteiger partial charge on any atom is 0.358 e. The van der Waals surface area contributed by atoms with Crippen molar-refractivity contribution in [1.82, 2.24) is 14.7 Å². The van der Waals surface area contributed by atoms with E-state index in [-0.39, 0.29) is 5.97 Å². The van der Waals surface area contributed by atoms with Gasteiger partial charge in [0.15, 0.2) is 5.69 Å². The summed E-state index contributed by atoms with van der Waals surface area (Å²) in [5.41, 5.74) is 2.36. The van der Waals surface area contributed by atoms with Gasteiger partial charge in [0.25, 0.3) is 0 Å². The van der Waals surface area contributed by atoms with Crippen molar-refractivity contribution in [3.8, 4) is 0 Å². The first-order valence-electron chi connectivity index (χ1n) is 7.45. The standard InChI is InChI=1S/C16H21N3O2/c1-11-5-7-19-13(8-11)15(16(20)21-2)18-14(19)9-12-4-3-6-17-10-12/h5,7-8,12,17H,3-4,6,9-10H2,1-2H3. The average Bonchev–Trinajstić information content (AvgIpc) is 2.85. The van der Waals surface area contributed by atoms with Gasteiger partial charge in [-0.05, 0) is 56.5 Å². The molecule has 0 spiro atoms. The van der Waals surface area contributed by atoms with E-state index in [2.05, 4.69) is 10.3 Å². The topological polar surface area (TPSA) is 55.6 Å². The number of carbonyl (C=O) groups is 1. The fraction of sp³-hybridized carbons (Fsp3) is 0.500. The number of nitrogens with one attached hydrogen (secondary N) is 1. The van der Waals surface area contributed by atoms with Crippen LogP contribution in [0, 0.1) is 12.8 Å². The largest absolute Gasteiger partial charge is 0.464 e. The molecule has 3 rings (SSSR count). The highest BCUT2D eigenvalue weighted by Crippen LogP contribution is 2.21. The highest BCUT2D eigenvalue weighted by molar-refractivity contribution is 5.95. The number of esters is 1. The molecule has 1 atom stereocenters. The van der Waals surface area contributed by atoms with Crippen LogP contribution in [0.2, 0.25) is 0 Å². The minimum absolute atomic E-state index is 0.369. The van der Waals surface area contributed by atoms with Crippen LogP contribution in [-0.2, 0) is 11.2 Å². The van der Waals surface area contributed by atoms with Gasteiger partial charge in [-0.2, -0.15) is 0 Å². The highest BCUT2D eigenvalue weighted by Gasteiger charge is 2.21. The molecule has 5 heteroatoms. The van der Waals surface area contributed by atoms with Gasteiger partial charge >= 0.3 is 5.97 Å². The number of aromatic nitrogens is 2. The van der Waals surface area contributed by atoms with Crippen molar-refractivity contribution in [1.29, 1.82) is 0 Å². The van der Waals surface area contributed by atoms with Crippen molar-refractivity contribution < 1.29 is 9.53 Å². The Hall–Kier alpha value is -1.88. The quantitative estimate of drug-likeness (QED) is 0.877. The van der Waals surface area contributed by atoms with Crippen molar-refractivity contribution in [2.75, 3.05) is 20.2 Å². The minimum atomic E-state index is -0.369. The van der Waals surface area contributed by atoms with E-state index in [0.717, 1.165) is 36.4 Å². The molecule has 0 aromatic carbocycles. The number of pyridine rings is 1. The third kappa shape index (κ3) is 2.78. The van der Waals surface area contributed by atoms with Crippen LogP contribution in [0.15, 0.2) is 18.3 Å². The number of fused-ring (bicyclic) bond motifs is 1. The lowest BCUT2D eigenvalue weighted by Gasteiger charge is -2.22. The molecule has 0 amide bonds. The zero-order valence-electron chi connectivity index (χ0n) is 12.6. The van der Waals surface area contributed by atoms with Gasteiger partial charge in [0.05, 0.1) is 12.6 Å². The Balaban J connectivity index is 1.99. The Labute approximate surface area is 124 Å². The van der Waals surface area contributed by atoms with Crippen molar-refractivity contribution in [3.05, 3.63) is 35.4 Å². The zero-order chi connectivity index (χ0) is 14.8. The molecule has 1 N–H and O–H groups in total. The number of methoxy groups -OCH3 is 1. The molecule has 1 aliphatic rings. The fourth-order valence-corrected chi connectivity index (χ4v) is 3.00. The van der Waals surface area contributed by atoms with E-state index in [1.807, 2.05) is 29.7 Å². The second-order valence-electron chi connectivity index (χ2n) is 5.74. The van der Waals surface area contributed by atoms with Gasteiger partial charge in [-0.15, -0.1) is 0 Å². The summed E-state index contributed by atoms with van der Waals surface area (Å²) in [6.45, 7) is 4.14. The SMILES string of the molecule is COC(=O)c1nc(CC2CCCNC2)n2ccc(C)cc12. The molecule has 2 aromatic rings. The molecule has 1 fully saturated rings. The normalized spacial score (nSPS) is 18.9. The first kappa shape index (κ1) is 14.1. The third-order valence-corrected chi connectivity index (χ3v) is 4.12. The van der Waals surface area contributed by atoms with E-state index < -0.39 is 0 Å². The van der Waals surface area contributed by atoms with E-state index >= 15 is 0 Å². The van der Waals surface area contributed by atoms with Crippen molar-refractivity contribution in [3.63, 3.8) is 0 Å². The predicted octanol–water partition coefficient (Wildman–Crippen LogP) is 1.97. The van der Waals surface area contributed by atoms with Crippen LogP contribution in [0.1, 0.15) is 34.7 Å². The van der Waals surface area contributed by atoms with Gasteiger partial charge in [0.1, 0.15) is 5.82 Å². The molecule has 3 heterocycles. The summed E-state index contributed by atoms with van der Waals surface area (Å²) < 4.78 is 6.88. The lowest BCUT2D eigenvalue weighted by atomic mass is 9.96. The molecule has 0 aliphatic carbocycles. The molecule has 21 heavy (non-hydrogen) atoms. The third-order valence-electron chi connectivity index (χ3n) is 4.12. The molecular formula is C16H21N3O2. The second kappa shape index (κ2) is 5.85.